The zero-order valence-corrected chi connectivity index (χ0v) is 15.4. The van der Waals surface area contributed by atoms with Crippen LogP contribution in [0.25, 0.3) is 10.2 Å². The van der Waals surface area contributed by atoms with Gasteiger partial charge in [-0.05, 0) is 42.5 Å². The maximum atomic E-state index is 12.3. The third-order valence-electron chi connectivity index (χ3n) is 3.13. The Bertz CT molecular complexity index is 1120. The molecule has 0 saturated heterocycles. The van der Waals surface area contributed by atoms with E-state index in [2.05, 4.69) is 9.71 Å². The summed E-state index contributed by atoms with van der Waals surface area (Å²) in [6.07, 6.45) is 1.11. The highest BCUT2D eigenvalue weighted by atomic mass is 35.5. The van der Waals surface area contributed by atoms with E-state index in [-0.39, 0.29) is 14.9 Å². The Kier molecular flexibility index (Phi) is 4.28. The Hall–Kier alpha value is -1.68. The largest absolute Gasteiger partial charge is 0.263 e. The van der Waals surface area contributed by atoms with Crippen LogP contribution in [0.2, 0.25) is 5.02 Å². The molecule has 3 rings (SSSR count). The molecule has 1 aromatic heterocycles. The summed E-state index contributed by atoms with van der Waals surface area (Å²) in [7, 11) is -7.13. The fourth-order valence-corrected chi connectivity index (χ4v) is 4.95. The van der Waals surface area contributed by atoms with Crippen LogP contribution in [0.3, 0.4) is 0 Å². The number of sulfonamides is 1. The van der Waals surface area contributed by atoms with E-state index >= 15 is 0 Å². The topological polar surface area (TPSA) is 93.2 Å². The smallest absolute Gasteiger partial charge is 0.255 e. The highest BCUT2D eigenvalue weighted by Gasteiger charge is 2.17. The molecule has 0 atom stereocenters. The number of nitrogens with one attached hydrogen (secondary N) is 1. The highest BCUT2D eigenvalue weighted by molar-refractivity contribution is 7.93. The molecule has 0 amide bonds. The lowest BCUT2D eigenvalue weighted by Crippen LogP contribution is -2.12. The van der Waals surface area contributed by atoms with Crippen LogP contribution in [-0.2, 0) is 19.9 Å². The van der Waals surface area contributed by atoms with Gasteiger partial charge in [0.15, 0.2) is 15.0 Å². The number of rotatable bonds is 4. The average molecular weight is 403 g/mol. The van der Waals surface area contributed by atoms with Crippen molar-refractivity contribution in [2.24, 2.45) is 0 Å². The monoisotopic (exact) mass is 402 g/mol. The molecule has 6 nitrogen and oxygen atoms in total. The molecule has 2 aromatic carbocycles. The van der Waals surface area contributed by atoms with Crippen LogP contribution >= 0.6 is 22.9 Å². The summed E-state index contributed by atoms with van der Waals surface area (Å²) >= 11 is 6.81. The quantitative estimate of drug-likeness (QED) is 0.723. The van der Waals surface area contributed by atoms with Gasteiger partial charge < -0.3 is 0 Å². The van der Waals surface area contributed by atoms with E-state index in [9.17, 15) is 16.8 Å². The molecular formula is C14H11ClN2O4S3. The molecule has 0 saturated carbocycles. The lowest BCUT2D eigenvalue weighted by atomic mass is 10.3. The molecule has 0 fully saturated rings. The number of anilines is 1. The first-order chi connectivity index (χ1) is 11.1. The molecule has 0 radical (unpaired) electrons. The first kappa shape index (κ1) is 17.2. The summed E-state index contributed by atoms with van der Waals surface area (Å²) in [4.78, 5) is 4.39. The summed E-state index contributed by atoms with van der Waals surface area (Å²) < 4.78 is 50.8. The fourth-order valence-electron chi connectivity index (χ4n) is 1.97. The van der Waals surface area contributed by atoms with Crippen molar-refractivity contribution in [3.05, 3.63) is 47.5 Å². The molecule has 10 heteroatoms. The fraction of sp³-hybridized carbons (Fsp3) is 0.0714. The first-order valence-electron chi connectivity index (χ1n) is 6.54. The third kappa shape index (κ3) is 3.54. The Balaban J connectivity index is 1.97. The van der Waals surface area contributed by atoms with Crippen LogP contribution in [0.1, 0.15) is 0 Å². The van der Waals surface area contributed by atoms with Crippen molar-refractivity contribution in [3.63, 3.8) is 0 Å². The highest BCUT2D eigenvalue weighted by Crippen LogP contribution is 2.29. The number of thiazole rings is 1. The molecular weight excluding hydrogens is 392 g/mol. The molecule has 0 spiro atoms. The second-order valence-corrected chi connectivity index (χ2v) is 10.1. The van der Waals surface area contributed by atoms with Gasteiger partial charge in [-0.25, -0.2) is 21.8 Å². The number of aromatic nitrogens is 1. The van der Waals surface area contributed by atoms with Crippen LogP contribution in [0.4, 0.5) is 5.13 Å². The second kappa shape index (κ2) is 5.99. The lowest BCUT2D eigenvalue weighted by Gasteiger charge is -2.04. The predicted molar refractivity (Wildman–Crippen MR) is 95.0 cm³/mol. The van der Waals surface area contributed by atoms with Gasteiger partial charge in [0, 0.05) is 11.3 Å². The van der Waals surface area contributed by atoms with Gasteiger partial charge in [-0.15, -0.1) is 0 Å². The van der Waals surface area contributed by atoms with E-state index in [4.69, 9.17) is 11.6 Å². The van der Waals surface area contributed by atoms with Crippen LogP contribution in [0.15, 0.2) is 52.3 Å². The van der Waals surface area contributed by atoms with Gasteiger partial charge in [-0.2, -0.15) is 0 Å². The summed E-state index contributed by atoms with van der Waals surface area (Å²) in [6.45, 7) is 0. The van der Waals surface area contributed by atoms with Crippen LogP contribution in [0.5, 0.6) is 0 Å². The van der Waals surface area contributed by atoms with Gasteiger partial charge in [0.25, 0.3) is 10.0 Å². The standard InChI is InChI=1S/C14H11ClN2O4S3/c1-23(18,19)11-6-7-12-13(8-11)22-14(16-12)17-24(20,21)10-4-2-9(15)3-5-10/h2-8H,1H3,(H,16,17). The minimum Gasteiger partial charge on any atom is -0.255 e. The van der Waals surface area contributed by atoms with Crippen molar-refractivity contribution in [2.75, 3.05) is 11.0 Å². The Morgan fingerprint density at radius 3 is 2.25 bits per heavy atom. The number of halogens is 1. The number of nitrogens with zero attached hydrogens (tertiary/aromatic N) is 1. The van der Waals surface area contributed by atoms with Crippen molar-refractivity contribution in [1.82, 2.24) is 4.98 Å². The molecule has 1 N–H and O–H groups in total. The minimum absolute atomic E-state index is 0.0583. The number of fused-ring (bicyclic) bond motifs is 1. The first-order valence-corrected chi connectivity index (χ1v) is 11.1. The van der Waals surface area contributed by atoms with E-state index in [1.165, 1.54) is 36.4 Å². The second-order valence-electron chi connectivity index (χ2n) is 4.98. The van der Waals surface area contributed by atoms with E-state index in [1.54, 1.807) is 6.07 Å². The van der Waals surface area contributed by atoms with Gasteiger partial charge in [0.05, 0.1) is 20.0 Å². The van der Waals surface area contributed by atoms with E-state index in [1.807, 2.05) is 0 Å². The lowest BCUT2D eigenvalue weighted by molar-refractivity contribution is 0.600. The van der Waals surface area contributed by atoms with Gasteiger partial charge in [0.1, 0.15) is 0 Å². The molecule has 3 aromatic rings. The van der Waals surface area contributed by atoms with Crippen molar-refractivity contribution < 1.29 is 16.8 Å². The van der Waals surface area contributed by atoms with E-state index < -0.39 is 19.9 Å². The summed E-state index contributed by atoms with van der Waals surface area (Å²) in [5, 5.41) is 0.591. The molecule has 0 aliphatic rings. The summed E-state index contributed by atoms with van der Waals surface area (Å²) in [5.74, 6) is 0. The molecule has 24 heavy (non-hydrogen) atoms. The maximum Gasteiger partial charge on any atom is 0.263 e. The van der Waals surface area contributed by atoms with Crippen LogP contribution < -0.4 is 4.72 Å². The Morgan fingerprint density at radius 1 is 1.00 bits per heavy atom. The predicted octanol–water partition coefficient (Wildman–Crippen LogP) is 3.15. The van der Waals surface area contributed by atoms with E-state index in [0.29, 0.717) is 15.2 Å². The van der Waals surface area contributed by atoms with Gasteiger partial charge in [0.2, 0.25) is 0 Å². The minimum atomic E-state index is -3.80. The number of sulfone groups is 1. The van der Waals surface area contributed by atoms with Crippen LogP contribution in [-0.4, -0.2) is 28.1 Å². The van der Waals surface area contributed by atoms with Crippen molar-refractivity contribution >= 4 is 58.1 Å². The van der Waals surface area contributed by atoms with Crippen molar-refractivity contribution in [1.29, 1.82) is 0 Å². The van der Waals surface area contributed by atoms with Gasteiger partial charge >= 0.3 is 0 Å². The SMILES string of the molecule is CS(=O)(=O)c1ccc2nc(NS(=O)(=O)c3ccc(Cl)cc3)sc2c1. The number of benzene rings is 2. The van der Waals surface area contributed by atoms with E-state index in [0.717, 1.165) is 17.6 Å². The Morgan fingerprint density at radius 2 is 1.62 bits per heavy atom. The summed E-state index contributed by atoms with van der Waals surface area (Å²) in [6, 6.07) is 10.2. The van der Waals surface area contributed by atoms with Gasteiger partial charge in [-0.3, -0.25) is 4.72 Å². The van der Waals surface area contributed by atoms with Crippen LogP contribution in [0, 0.1) is 0 Å². The molecule has 0 bridgehead atoms. The normalized spacial score (nSPS) is 12.4. The van der Waals surface area contributed by atoms with Gasteiger partial charge in [-0.1, -0.05) is 22.9 Å². The summed E-state index contributed by atoms with van der Waals surface area (Å²) in [5.41, 5.74) is 0.515. The zero-order chi connectivity index (χ0) is 17.5. The maximum absolute atomic E-state index is 12.3. The van der Waals surface area contributed by atoms with Crippen molar-refractivity contribution in [3.8, 4) is 0 Å². The third-order valence-corrected chi connectivity index (χ3v) is 6.91. The molecule has 0 unspecified atom stereocenters. The number of hydrogen-bond acceptors (Lipinski definition) is 6. The number of hydrogen-bond donors (Lipinski definition) is 1. The molecule has 0 aliphatic heterocycles. The molecule has 1 heterocycles. The average Bonchev–Trinajstić information content (AvgIpc) is 2.87. The molecule has 126 valence electrons. The molecule has 0 aliphatic carbocycles. The van der Waals surface area contributed by atoms with Crippen molar-refractivity contribution in [2.45, 2.75) is 9.79 Å². The zero-order valence-electron chi connectivity index (χ0n) is 12.2. The Labute approximate surface area is 148 Å².